The lowest BCUT2D eigenvalue weighted by Crippen LogP contribution is -2.53. The summed E-state index contributed by atoms with van der Waals surface area (Å²) in [6.45, 7) is 6.98. The maximum absolute atomic E-state index is 12.7. The van der Waals surface area contributed by atoms with Crippen LogP contribution in [0.25, 0.3) is 0 Å². The molecular weight excluding hydrogens is 400 g/mol. The molecule has 2 aromatic rings. The Kier molecular flexibility index (Phi) is 8.02. The summed E-state index contributed by atoms with van der Waals surface area (Å²) in [5.74, 6) is -0.273. The summed E-state index contributed by atoms with van der Waals surface area (Å²) in [5, 5.41) is 11.9. The van der Waals surface area contributed by atoms with E-state index >= 15 is 0 Å². The Balaban J connectivity index is 1.49. The Morgan fingerprint density at radius 2 is 1.75 bits per heavy atom. The monoisotopic (exact) mass is 432 g/mol. The van der Waals surface area contributed by atoms with Gasteiger partial charge in [0.05, 0.1) is 12.5 Å². The normalized spacial score (nSPS) is 13.7. The number of para-hydroxylation sites is 1. The molecule has 0 aromatic heterocycles. The molecule has 0 bridgehead atoms. The predicted molar refractivity (Wildman–Crippen MR) is 126 cm³/mol. The maximum atomic E-state index is 12.7. The van der Waals surface area contributed by atoms with Crippen LogP contribution in [0.2, 0.25) is 0 Å². The van der Waals surface area contributed by atoms with Crippen LogP contribution >= 0.6 is 0 Å². The van der Waals surface area contributed by atoms with E-state index < -0.39 is 0 Å². The van der Waals surface area contributed by atoms with Gasteiger partial charge in [0.2, 0.25) is 11.8 Å². The van der Waals surface area contributed by atoms with Gasteiger partial charge in [-0.1, -0.05) is 42.5 Å². The summed E-state index contributed by atoms with van der Waals surface area (Å²) in [5.41, 5.74) is 3.32. The molecule has 0 saturated carbocycles. The van der Waals surface area contributed by atoms with E-state index in [9.17, 15) is 9.59 Å². The summed E-state index contributed by atoms with van der Waals surface area (Å²) in [4.78, 5) is 29.2. The highest BCUT2D eigenvalue weighted by atomic mass is 16.2. The van der Waals surface area contributed by atoms with Gasteiger partial charge in [0.1, 0.15) is 0 Å². The third-order valence-corrected chi connectivity index (χ3v) is 6.09. The van der Waals surface area contributed by atoms with Crippen LogP contribution in [0.15, 0.2) is 54.6 Å². The van der Waals surface area contributed by atoms with E-state index in [4.69, 9.17) is 5.26 Å². The van der Waals surface area contributed by atoms with Gasteiger partial charge in [-0.2, -0.15) is 5.26 Å². The van der Waals surface area contributed by atoms with E-state index in [0.29, 0.717) is 13.1 Å². The molecule has 0 unspecified atom stereocenters. The molecule has 6 heteroatoms. The van der Waals surface area contributed by atoms with E-state index in [0.717, 1.165) is 25.2 Å². The Hall–Kier alpha value is -3.17. The van der Waals surface area contributed by atoms with Gasteiger partial charge in [-0.25, -0.2) is 0 Å². The predicted octanol–water partition coefficient (Wildman–Crippen LogP) is 3.67. The summed E-state index contributed by atoms with van der Waals surface area (Å²) < 4.78 is 0. The molecule has 0 saturated heterocycles. The fraction of sp³-hybridized carbons (Fsp3) is 0.423. The molecule has 168 valence electrons. The first kappa shape index (κ1) is 23.5. The Bertz CT molecular complexity index is 965. The molecule has 0 spiro atoms. The lowest BCUT2D eigenvalue weighted by Gasteiger charge is -2.41. The summed E-state index contributed by atoms with van der Waals surface area (Å²) in [7, 11) is 0. The average molecular weight is 433 g/mol. The fourth-order valence-corrected chi connectivity index (χ4v) is 4.05. The molecule has 1 N–H and O–H groups in total. The van der Waals surface area contributed by atoms with Crippen molar-refractivity contribution in [1.82, 2.24) is 10.2 Å². The lowest BCUT2D eigenvalue weighted by molar-refractivity contribution is -0.125. The second-order valence-corrected chi connectivity index (χ2v) is 8.82. The molecule has 32 heavy (non-hydrogen) atoms. The van der Waals surface area contributed by atoms with Crippen molar-refractivity contribution < 1.29 is 9.59 Å². The summed E-state index contributed by atoms with van der Waals surface area (Å²) >= 11 is 0. The van der Waals surface area contributed by atoms with Crippen molar-refractivity contribution in [1.29, 1.82) is 5.26 Å². The number of benzene rings is 2. The number of amides is 2. The van der Waals surface area contributed by atoms with E-state index in [1.54, 1.807) is 4.90 Å². The van der Waals surface area contributed by atoms with Crippen molar-refractivity contribution in [3.8, 4) is 6.07 Å². The first-order chi connectivity index (χ1) is 15.4. The van der Waals surface area contributed by atoms with Gasteiger partial charge in [0.25, 0.3) is 0 Å². The SMILES string of the molecule is CC(C)(CNC(=O)CCC(=O)N(CCC#N)c1ccccc1)N1CCc2ccccc2C1. The van der Waals surface area contributed by atoms with Gasteiger partial charge < -0.3 is 10.2 Å². The van der Waals surface area contributed by atoms with Gasteiger partial charge >= 0.3 is 0 Å². The summed E-state index contributed by atoms with van der Waals surface area (Å²) in [6, 6.07) is 19.9. The third-order valence-electron chi connectivity index (χ3n) is 6.09. The number of hydrogen-bond donors (Lipinski definition) is 1. The van der Waals surface area contributed by atoms with E-state index in [1.165, 1.54) is 11.1 Å². The number of anilines is 1. The molecule has 6 nitrogen and oxygen atoms in total. The van der Waals surface area contributed by atoms with E-state index in [1.807, 2.05) is 30.3 Å². The minimum absolute atomic E-state index is 0.115. The third kappa shape index (κ3) is 6.18. The highest BCUT2D eigenvalue weighted by Gasteiger charge is 2.30. The molecule has 0 radical (unpaired) electrons. The van der Waals surface area contributed by atoms with Crippen molar-refractivity contribution in [3.05, 3.63) is 65.7 Å². The molecule has 0 aliphatic carbocycles. The minimum Gasteiger partial charge on any atom is -0.354 e. The number of carbonyl (C=O) groups is 2. The molecular formula is C26H32N4O2. The first-order valence-electron chi connectivity index (χ1n) is 11.2. The second kappa shape index (κ2) is 10.9. The number of rotatable bonds is 9. The van der Waals surface area contributed by atoms with Crippen molar-refractivity contribution in [3.63, 3.8) is 0 Å². The highest BCUT2D eigenvalue weighted by Crippen LogP contribution is 2.25. The zero-order valence-corrected chi connectivity index (χ0v) is 19.0. The Labute approximate surface area is 190 Å². The standard InChI is InChI=1S/C26H32N4O2/c1-26(2,29-18-15-21-9-6-7-10-22(21)19-29)20-28-24(31)13-14-25(32)30(17-8-16-27)23-11-4-3-5-12-23/h3-7,9-12H,8,13-15,17-20H2,1-2H3,(H,28,31). The smallest absolute Gasteiger partial charge is 0.227 e. The van der Waals surface area contributed by atoms with Crippen LogP contribution in [0, 0.1) is 11.3 Å². The quantitative estimate of drug-likeness (QED) is 0.656. The second-order valence-electron chi connectivity index (χ2n) is 8.82. The van der Waals surface area contributed by atoms with Gasteiger partial charge in [0.15, 0.2) is 0 Å². The number of nitrogens with one attached hydrogen (secondary N) is 1. The van der Waals surface area contributed by atoms with Crippen LogP contribution in [0.4, 0.5) is 5.69 Å². The molecule has 0 fully saturated rings. The molecule has 1 aliphatic heterocycles. The van der Waals surface area contributed by atoms with Crippen LogP contribution in [0.3, 0.4) is 0 Å². The van der Waals surface area contributed by atoms with Crippen LogP contribution < -0.4 is 10.2 Å². The zero-order valence-electron chi connectivity index (χ0n) is 19.0. The molecule has 1 heterocycles. The number of nitriles is 1. The minimum atomic E-state index is -0.184. The van der Waals surface area contributed by atoms with Crippen molar-refractivity contribution in [2.75, 3.05) is 24.5 Å². The zero-order chi connectivity index (χ0) is 23.0. The Morgan fingerprint density at radius 1 is 1.06 bits per heavy atom. The Morgan fingerprint density at radius 3 is 2.47 bits per heavy atom. The molecule has 2 aromatic carbocycles. The first-order valence-corrected chi connectivity index (χ1v) is 11.2. The van der Waals surface area contributed by atoms with Gasteiger partial charge in [0, 0.05) is 50.2 Å². The maximum Gasteiger partial charge on any atom is 0.227 e. The van der Waals surface area contributed by atoms with E-state index in [2.05, 4.69) is 54.4 Å². The molecule has 0 atom stereocenters. The van der Waals surface area contributed by atoms with Crippen LogP contribution in [0.5, 0.6) is 0 Å². The van der Waals surface area contributed by atoms with Crippen molar-refractivity contribution >= 4 is 17.5 Å². The van der Waals surface area contributed by atoms with Gasteiger partial charge in [-0.3, -0.25) is 14.5 Å². The largest absolute Gasteiger partial charge is 0.354 e. The van der Waals surface area contributed by atoms with E-state index in [-0.39, 0.29) is 36.6 Å². The number of hydrogen-bond acceptors (Lipinski definition) is 4. The summed E-state index contributed by atoms with van der Waals surface area (Å²) in [6.07, 6.45) is 1.51. The number of nitrogens with zero attached hydrogens (tertiary/aromatic N) is 3. The lowest BCUT2D eigenvalue weighted by atomic mass is 9.94. The highest BCUT2D eigenvalue weighted by molar-refractivity contribution is 5.95. The molecule has 1 aliphatic rings. The van der Waals surface area contributed by atoms with Crippen LogP contribution in [-0.4, -0.2) is 41.9 Å². The number of fused-ring (bicyclic) bond motifs is 1. The number of carbonyl (C=O) groups excluding carboxylic acids is 2. The van der Waals surface area contributed by atoms with Crippen LogP contribution in [-0.2, 0) is 22.6 Å². The van der Waals surface area contributed by atoms with Crippen molar-refractivity contribution in [2.45, 2.75) is 51.6 Å². The molecule has 3 rings (SSSR count). The fourth-order valence-electron chi connectivity index (χ4n) is 4.05. The average Bonchev–Trinajstić information content (AvgIpc) is 2.82. The van der Waals surface area contributed by atoms with Gasteiger partial charge in [-0.15, -0.1) is 0 Å². The van der Waals surface area contributed by atoms with Crippen molar-refractivity contribution in [2.24, 2.45) is 0 Å². The van der Waals surface area contributed by atoms with Gasteiger partial charge in [-0.05, 0) is 43.5 Å². The topological polar surface area (TPSA) is 76.4 Å². The van der Waals surface area contributed by atoms with Crippen LogP contribution in [0.1, 0.15) is 44.2 Å². The molecule has 2 amide bonds.